The Hall–Kier alpha value is -1.75. The lowest BCUT2D eigenvalue weighted by Gasteiger charge is -2.08. The topological polar surface area (TPSA) is 61.0 Å². The van der Waals surface area contributed by atoms with Crippen LogP contribution in [0.3, 0.4) is 0 Å². The van der Waals surface area contributed by atoms with Crippen molar-refractivity contribution in [2.24, 2.45) is 0 Å². The molecule has 2 aromatic rings. The van der Waals surface area contributed by atoms with Crippen molar-refractivity contribution in [3.8, 4) is 5.88 Å². The van der Waals surface area contributed by atoms with E-state index >= 15 is 0 Å². The first kappa shape index (κ1) is 12.7. The fraction of sp³-hybridized carbons (Fsp3) is 0.231. The number of ether oxygens (including phenoxy) is 1. The van der Waals surface area contributed by atoms with Crippen LogP contribution in [0.4, 0.5) is 5.69 Å². The second-order valence-electron chi connectivity index (χ2n) is 3.60. The second kappa shape index (κ2) is 6.26. The van der Waals surface area contributed by atoms with E-state index in [0.29, 0.717) is 18.2 Å². The molecule has 94 valence electrons. The first-order valence-electron chi connectivity index (χ1n) is 5.71. The first-order chi connectivity index (χ1) is 8.81. The molecule has 0 spiro atoms. The number of thioether (sulfide) groups is 1. The average molecular weight is 261 g/mol. The number of nitrogen functional groups attached to an aromatic ring is 1. The van der Waals surface area contributed by atoms with Crippen LogP contribution in [-0.2, 0) is 5.75 Å². The van der Waals surface area contributed by atoms with Crippen LogP contribution >= 0.6 is 11.8 Å². The third kappa shape index (κ3) is 3.13. The largest absolute Gasteiger partial charge is 0.476 e. The predicted octanol–water partition coefficient (Wildman–Crippen LogP) is 2.75. The lowest BCUT2D eigenvalue weighted by Crippen LogP contribution is -2.02. The van der Waals surface area contributed by atoms with Gasteiger partial charge in [-0.15, -0.1) is 0 Å². The molecular formula is C13H15N3OS. The van der Waals surface area contributed by atoms with Crippen molar-refractivity contribution in [2.45, 2.75) is 17.7 Å². The lowest BCUT2D eigenvalue weighted by atomic mass is 10.2. The van der Waals surface area contributed by atoms with Crippen LogP contribution in [0.5, 0.6) is 5.88 Å². The predicted molar refractivity (Wildman–Crippen MR) is 73.6 cm³/mol. The maximum Gasteiger partial charge on any atom is 0.241 e. The van der Waals surface area contributed by atoms with Crippen molar-refractivity contribution < 1.29 is 4.74 Å². The number of benzene rings is 1. The molecule has 0 saturated heterocycles. The lowest BCUT2D eigenvalue weighted by molar-refractivity contribution is 0.327. The van der Waals surface area contributed by atoms with E-state index < -0.39 is 0 Å². The molecule has 0 amide bonds. The van der Waals surface area contributed by atoms with Gasteiger partial charge in [-0.1, -0.05) is 42.1 Å². The summed E-state index contributed by atoms with van der Waals surface area (Å²) >= 11 is 1.58. The van der Waals surface area contributed by atoms with E-state index in [1.807, 2.05) is 25.1 Å². The Labute approximate surface area is 111 Å². The van der Waals surface area contributed by atoms with E-state index in [1.54, 1.807) is 11.8 Å². The van der Waals surface area contributed by atoms with Gasteiger partial charge in [0.25, 0.3) is 0 Å². The zero-order valence-electron chi connectivity index (χ0n) is 10.2. The fourth-order valence-corrected chi connectivity index (χ4v) is 2.32. The van der Waals surface area contributed by atoms with Gasteiger partial charge < -0.3 is 10.5 Å². The molecule has 1 aromatic carbocycles. The SMILES string of the molecule is CCOc1ncnc(SCc2ccccc2)c1N. The van der Waals surface area contributed by atoms with Crippen LogP contribution in [-0.4, -0.2) is 16.6 Å². The summed E-state index contributed by atoms with van der Waals surface area (Å²) in [6, 6.07) is 10.2. The summed E-state index contributed by atoms with van der Waals surface area (Å²) in [6.07, 6.45) is 1.48. The Morgan fingerprint density at radius 2 is 2.00 bits per heavy atom. The van der Waals surface area contributed by atoms with Gasteiger partial charge >= 0.3 is 0 Å². The number of aromatic nitrogens is 2. The highest BCUT2D eigenvalue weighted by atomic mass is 32.2. The number of nitrogens with zero attached hydrogens (tertiary/aromatic N) is 2. The molecule has 0 radical (unpaired) electrons. The Morgan fingerprint density at radius 1 is 1.22 bits per heavy atom. The maximum atomic E-state index is 5.96. The van der Waals surface area contributed by atoms with Gasteiger partial charge in [0.1, 0.15) is 17.0 Å². The molecule has 4 nitrogen and oxygen atoms in total. The Kier molecular flexibility index (Phi) is 4.41. The van der Waals surface area contributed by atoms with Gasteiger partial charge in [0.05, 0.1) is 6.61 Å². The fourth-order valence-electron chi connectivity index (χ4n) is 1.46. The quantitative estimate of drug-likeness (QED) is 0.662. The van der Waals surface area contributed by atoms with Crippen LogP contribution < -0.4 is 10.5 Å². The number of anilines is 1. The van der Waals surface area contributed by atoms with Crippen molar-refractivity contribution in [3.05, 3.63) is 42.2 Å². The standard InChI is InChI=1S/C13H15N3OS/c1-2-17-12-11(14)13(16-9-15-12)18-8-10-6-4-3-5-7-10/h3-7,9H,2,8,14H2,1H3. The third-order valence-corrected chi connectivity index (χ3v) is 3.39. The molecule has 0 fully saturated rings. The molecule has 5 heteroatoms. The number of rotatable bonds is 5. The molecule has 0 unspecified atom stereocenters. The van der Waals surface area contributed by atoms with Crippen molar-refractivity contribution in [1.82, 2.24) is 9.97 Å². The van der Waals surface area contributed by atoms with E-state index in [2.05, 4.69) is 22.1 Å². The summed E-state index contributed by atoms with van der Waals surface area (Å²) in [5.41, 5.74) is 7.71. The molecule has 0 saturated carbocycles. The van der Waals surface area contributed by atoms with Gasteiger partial charge in [-0.3, -0.25) is 0 Å². The van der Waals surface area contributed by atoms with Crippen molar-refractivity contribution in [2.75, 3.05) is 12.3 Å². The van der Waals surface area contributed by atoms with Crippen LogP contribution in [0, 0.1) is 0 Å². The zero-order valence-corrected chi connectivity index (χ0v) is 11.0. The van der Waals surface area contributed by atoms with Gasteiger partial charge in [0, 0.05) is 5.75 Å². The monoisotopic (exact) mass is 261 g/mol. The zero-order chi connectivity index (χ0) is 12.8. The van der Waals surface area contributed by atoms with Gasteiger partial charge in [-0.25, -0.2) is 4.98 Å². The highest BCUT2D eigenvalue weighted by Crippen LogP contribution is 2.30. The third-order valence-electron chi connectivity index (χ3n) is 2.31. The van der Waals surface area contributed by atoms with E-state index in [-0.39, 0.29) is 0 Å². The van der Waals surface area contributed by atoms with Crippen molar-refractivity contribution in [1.29, 1.82) is 0 Å². The smallest absolute Gasteiger partial charge is 0.241 e. The molecule has 2 rings (SSSR count). The van der Waals surface area contributed by atoms with Crippen LogP contribution in [0.15, 0.2) is 41.7 Å². The molecule has 0 atom stereocenters. The highest BCUT2D eigenvalue weighted by molar-refractivity contribution is 7.98. The molecule has 0 aliphatic rings. The number of hydrogen-bond acceptors (Lipinski definition) is 5. The van der Waals surface area contributed by atoms with Gasteiger partial charge in [0.2, 0.25) is 5.88 Å². The number of hydrogen-bond donors (Lipinski definition) is 1. The molecule has 0 aliphatic carbocycles. The van der Waals surface area contributed by atoms with Crippen LogP contribution in [0.25, 0.3) is 0 Å². The molecule has 0 bridgehead atoms. The summed E-state index contributed by atoms with van der Waals surface area (Å²) in [5.74, 6) is 1.29. The van der Waals surface area contributed by atoms with Gasteiger partial charge in [-0.2, -0.15) is 4.98 Å². The molecular weight excluding hydrogens is 246 g/mol. The van der Waals surface area contributed by atoms with Crippen LogP contribution in [0.1, 0.15) is 12.5 Å². The average Bonchev–Trinajstić information content (AvgIpc) is 2.41. The highest BCUT2D eigenvalue weighted by Gasteiger charge is 2.09. The minimum absolute atomic E-state index is 0.461. The Balaban J connectivity index is 2.08. The minimum Gasteiger partial charge on any atom is -0.476 e. The molecule has 1 aromatic heterocycles. The van der Waals surface area contributed by atoms with Gasteiger partial charge in [0.15, 0.2) is 0 Å². The van der Waals surface area contributed by atoms with Crippen LogP contribution in [0.2, 0.25) is 0 Å². The summed E-state index contributed by atoms with van der Waals surface area (Å²) in [5, 5.41) is 0.761. The van der Waals surface area contributed by atoms with E-state index in [4.69, 9.17) is 10.5 Å². The first-order valence-corrected chi connectivity index (χ1v) is 6.69. The summed E-state index contributed by atoms with van der Waals surface area (Å²) < 4.78 is 5.34. The summed E-state index contributed by atoms with van der Waals surface area (Å²) in [6.45, 7) is 2.45. The molecule has 18 heavy (non-hydrogen) atoms. The molecule has 2 N–H and O–H groups in total. The van der Waals surface area contributed by atoms with Gasteiger partial charge in [-0.05, 0) is 12.5 Å². The van der Waals surface area contributed by atoms with Crippen molar-refractivity contribution >= 4 is 17.4 Å². The Bertz CT molecular complexity index is 505. The van der Waals surface area contributed by atoms with E-state index in [9.17, 15) is 0 Å². The van der Waals surface area contributed by atoms with E-state index in [0.717, 1.165) is 10.8 Å². The molecule has 1 heterocycles. The van der Waals surface area contributed by atoms with E-state index in [1.165, 1.54) is 11.9 Å². The summed E-state index contributed by atoms with van der Waals surface area (Å²) in [7, 11) is 0. The normalized spacial score (nSPS) is 10.3. The summed E-state index contributed by atoms with van der Waals surface area (Å²) in [4.78, 5) is 8.20. The second-order valence-corrected chi connectivity index (χ2v) is 4.57. The molecule has 0 aliphatic heterocycles. The number of nitrogens with two attached hydrogens (primary N) is 1. The van der Waals surface area contributed by atoms with Crippen molar-refractivity contribution in [3.63, 3.8) is 0 Å². The minimum atomic E-state index is 0.461. The Morgan fingerprint density at radius 3 is 2.72 bits per heavy atom. The maximum absolute atomic E-state index is 5.96.